The van der Waals surface area contributed by atoms with Gasteiger partial charge in [-0.3, -0.25) is 0 Å². The summed E-state index contributed by atoms with van der Waals surface area (Å²) in [5.74, 6) is 0.774. The number of hydrogen-bond donors (Lipinski definition) is 1. The van der Waals surface area contributed by atoms with Gasteiger partial charge in [0.25, 0.3) is 0 Å². The lowest BCUT2D eigenvalue weighted by Gasteiger charge is -2.15. The number of carbonyl (C=O) groups is 1. The summed E-state index contributed by atoms with van der Waals surface area (Å²) in [5.41, 5.74) is 4.24. The molecule has 6 nitrogen and oxygen atoms in total. The highest BCUT2D eigenvalue weighted by Crippen LogP contribution is 2.41. The summed E-state index contributed by atoms with van der Waals surface area (Å²) in [6.07, 6.45) is 0. The summed E-state index contributed by atoms with van der Waals surface area (Å²) >= 11 is 1.62. The third-order valence-corrected chi connectivity index (χ3v) is 7.59. The highest BCUT2D eigenvalue weighted by molar-refractivity contribution is 7.22. The third-order valence-electron chi connectivity index (χ3n) is 6.29. The van der Waals surface area contributed by atoms with Gasteiger partial charge in [-0.1, -0.05) is 36.4 Å². The van der Waals surface area contributed by atoms with Gasteiger partial charge in [-0.2, -0.15) is 0 Å². The molecule has 0 unspecified atom stereocenters. The van der Waals surface area contributed by atoms with Crippen LogP contribution in [0.3, 0.4) is 0 Å². The maximum Gasteiger partial charge on any atom is 0.336 e. The van der Waals surface area contributed by atoms with Crippen LogP contribution in [0.1, 0.15) is 27.0 Å². The largest absolute Gasteiger partial charge is 0.488 e. The van der Waals surface area contributed by atoms with E-state index in [0.717, 1.165) is 31.7 Å². The van der Waals surface area contributed by atoms with Crippen molar-refractivity contribution in [2.45, 2.75) is 20.5 Å². The van der Waals surface area contributed by atoms with Crippen LogP contribution in [0.4, 0.5) is 0 Å². The monoisotopic (exact) mass is 483 g/mol. The first kappa shape index (κ1) is 21.4. The number of para-hydroxylation sites is 1. The molecule has 2 aromatic heterocycles. The van der Waals surface area contributed by atoms with Crippen molar-refractivity contribution < 1.29 is 24.1 Å². The average Bonchev–Trinajstić information content (AvgIpc) is 3.48. The molecule has 1 aliphatic heterocycles. The van der Waals surface area contributed by atoms with E-state index in [-0.39, 0.29) is 19.0 Å². The predicted octanol–water partition coefficient (Wildman–Crippen LogP) is 6.74. The number of aromatic carboxylic acids is 1. The van der Waals surface area contributed by atoms with Crippen molar-refractivity contribution in [3.8, 4) is 27.8 Å². The summed E-state index contributed by atoms with van der Waals surface area (Å²) in [5, 5.41) is 11.8. The Kier molecular flexibility index (Phi) is 5.07. The Morgan fingerprint density at radius 1 is 1.09 bits per heavy atom. The molecule has 0 amide bonds. The van der Waals surface area contributed by atoms with Crippen LogP contribution in [0, 0.1) is 13.8 Å². The number of aromatic nitrogens is 1. The van der Waals surface area contributed by atoms with Crippen molar-refractivity contribution in [2.75, 3.05) is 6.79 Å². The number of aryl methyl sites for hydroxylation is 2. The van der Waals surface area contributed by atoms with Gasteiger partial charge >= 0.3 is 5.97 Å². The van der Waals surface area contributed by atoms with Gasteiger partial charge in [0, 0.05) is 10.3 Å². The fraction of sp³-hybridized carbons (Fsp3) is 0.143. The number of fused-ring (bicyclic) bond motifs is 3. The molecule has 0 aliphatic carbocycles. The molecule has 0 saturated heterocycles. The summed E-state index contributed by atoms with van der Waals surface area (Å²) in [6.45, 7) is 4.37. The van der Waals surface area contributed by atoms with Crippen molar-refractivity contribution >= 4 is 38.3 Å². The van der Waals surface area contributed by atoms with Gasteiger partial charge in [-0.05, 0) is 54.6 Å². The van der Waals surface area contributed by atoms with Gasteiger partial charge in [0.15, 0.2) is 11.5 Å². The zero-order valence-corrected chi connectivity index (χ0v) is 19.9. The van der Waals surface area contributed by atoms with Crippen LogP contribution < -0.4 is 14.2 Å². The molecular formula is C28H21NO5S. The second-order valence-electron chi connectivity index (χ2n) is 8.46. The number of ether oxygens (including phenoxy) is 3. The molecule has 0 bridgehead atoms. The topological polar surface area (TPSA) is 77.9 Å². The molecule has 174 valence electrons. The van der Waals surface area contributed by atoms with Gasteiger partial charge in [-0.25, -0.2) is 9.78 Å². The first-order valence-corrected chi connectivity index (χ1v) is 12.0. The lowest BCUT2D eigenvalue weighted by molar-refractivity contribution is 0.0698. The Morgan fingerprint density at radius 2 is 1.94 bits per heavy atom. The van der Waals surface area contributed by atoms with E-state index < -0.39 is 5.97 Å². The van der Waals surface area contributed by atoms with Gasteiger partial charge in [0.05, 0.1) is 27.0 Å². The number of carboxylic acids is 1. The molecule has 0 saturated carbocycles. The molecule has 1 aliphatic rings. The minimum atomic E-state index is -1.02. The number of rotatable bonds is 5. The molecule has 5 aromatic rings. The third kappa shape index (κ3) is 3.56. The van der Waals surface area contributed by atoms with Crippen molar-refractivity contribution in [1.29, 1.82) is 0 Å². The van der Waals surface area contributed by atoms with Crippen molar-refractivity contribution in [3.63, 3.8) is 0 Å². The normalized spacial score (nSPS) is 12.4. The summed E-state index contributed by atoms with van der Waals surface area (Å²) in [4.78, 5) is 18.3. The van der Waals surface area contributed by atoms with Crippen LogP contribution in [-0.2, 0) is 6.61 Å². The molecule has 6 rings (SSSR count). The van der Waals surface area contributed by atoms with Gasteiger partial charge in [-0.15, -0.1) is 11.3 Å². The number of nitrogens with zero attached hydrogens (tertiary/aromatic N) is 1. The Labute approximate surface area is 205 Å². The average molecular weight is 484 g/mol. The van der Waals surface area contributed by atoms with Gasteiger partial charge in [0.2, 0.25) is 6.79 Å². The lowest BCUT2D eigenvalue weighted by Crippen LogP contribution is -2.04. The van der Waals surface area contributed by atoms with E-state index in [1.807, 2.05) is 43.3 Å². The van der Waals surface area contributed by atoms with Gasteiger partial charge < -0.3 is 19.3 Å². The molecule has 0 atom stereocenters. The molecule has 1 N–H and O–H groups in total. The van der Waals surface area contributed by atoms with Crippen LogP contribution in [0.25, 0.3) is 31.6 Å². The van der Waals surface area contributed by atoms with E-state index in [9.17, 15) is 9.90 Å². The zero-order valence-electron chi connectivity index (χ0n) is 19.1. The Balaban J connectivity index is 1.48. The SMILES string of the molecule is Cc1c(-c2cc(C(=O)O)c3c(OCc4cccc5c4OCO5)ccc(C)c3n2)sc2ccccc12. The number of carboxylic acid groups (broad SMARTS) is 1. The van der Waals surface area contributed by atoms with E-state index in [1.54, 1.807) is 23.5 Å². The first-order chi connectivity index (χ1) is 17.0. The Bertz CT molecular complexity index is 1640. The molecule has 0 fully saturated rings. The molecule has 35 heavy (non-hydrogen) atoms. The molecular weight excluding hydrogens is 462 g/mol. The molecule has 0 spiro atoms. The summed E-state index contributed by atoms with van der Waals surface area (Å²) in [7, 11) is 0. The molecule has 3 heterocycles. The second-order valence-corrected chi connectivity index (χ2v) is 9.51. The number of benzene rings is 3. The Hall–Kier alpha value is -4.10. The zero-order chi connectivity index (χ0) is 24.1. The standard InChI is InChI=1S/C28H21NO5S/c1-15-10-11-21(32-13-17-6-5-8-22-26(17)34-14-33-22)24-19(28(30)31)12-20(29-25(15)24)27-16(2)18-7-3-4-9-23(18)35-27/h3-12H,13-14H2,1-2H3,(H,30,31). The van der Waals surface area contributed by atoms with E-state index in [1.165, 1.54) is 0 Å². The minimum absolute atomic E-state index is 0.165. The first-order valence-electron chi connectivity index (χ1n) is 11.2. The fourth-order valence-electron chi connectivity index (χ4n) is 4.53. The maximum atomic E-state index is 12.4. The summed E-state index contributed by atoms with van der Waals surface area (Å²) < 4.78 is 18.3. The van der Waals surface area contributed by atoms with Crippen LogP contribution in [0.5, 0.6) is 17.2 Å². The maximum absolute atomic E-state index is 12.4. The molecule has 0 radical (unpaired) electrons. The van der Waals surface area contributed by atoms with E-state index in [4.69, 9.17) is 19.2 Å². The number of pyridine rings is 1. The van der Waals surface area contributed by atoms with Crippen molar-refractivity contribution in [1.82, 2.24) is 4.98 Å². The lowest BCUT2D eigenvalue weighted by atomic mass is 10.0. The minimum Gasteiger partial charge on any atom is -0.488 e. The van der Waals surface area contributed by atoms with Crippen molar-refractivity contribution in [2.24, 2.45) is 0 Å². The number of hydrogen-bond acceptors (Lipinski definition) is 6. The van der Waals surface area contributed by atoms with E-state index >= 15 is 0 Å². The highest BCUT2D eigenvalue weighted by atomic mass is 32.1. The summed E-state index contributed by atoms with van der Waals surface area (Å²) in [6, 6.07) is 19.2. The highest BCUT2D eigenvalue weighted by Gasteiger charge is 2.22. The quantitative estimate of drug-likeness (QED) is 0.298. The van der Waals surface area contributed by atoms with E-state index in [0.29, 0.717) is 33.8 Å². The predicted molar refractivity (Wildman–Crippen MR) is 136 cm³/mol. The van der Waals surface area contributed by atoms with Gasteiger partial charge in [0.1, 0.15) is 12.4 Å². The Morgan fingerprint density at radius 3 is 2.77 bits per heavy atom. The fourth-order valence-corrected chi connectivity index (χ4v) is 5.70. The molecule has 3 aromatic carbocycles. The van der Waals surface area contributed by atoms with Crippen LogP contribution in [0.2, 0.25) is 0 Å². The number of thiophene rings is 1. The van der Waals surface area contributed by atoms with Crippen molar-refractivity contribution in [3.05, 3.63) is 82.9 Å². The smallest absolute Gasteiger partial charge is 0.336 e. The van der Waals surface area contributed by atoms with E-state index in [2.05, 4.69) is 19.1 Å². The molecule has 7 heteroatoms. The van der Waals surface area contributed by atoms with Crippen LogP contribution in [0.15, 0.2) is 60.7 Å². The second kappa shape index (κ2) is 8.29. The van der Waals surface area contributed by atoms with Crippen LogP contribution in [-0.4, -0.2) is 22.9 Å². The van der Waals surface area contributed by atoms with Crippen LogP contribution >= 0.6 is 11.3 Å².